The van der Waals surface area contributed by atoms with E-state index in [1.807, 2.05) is 35.2 Å². The molecule has 2 heterocycles. The Morgan fingerprint density at radius 2 is 1.51 bits per heavy atom. The molecule has 1 aliphatic carbocycles. The molecule has 1 saturated carbocycles. The molecule has 0 radical (unpaired) electrons. The summed E-state index contributed by atoms with van der Waals surface area (Å²) in [4.78, 5) is 69.5. The lowest BCUT2D eigenvalue weighted by Gasteiger charge is -2.35. The zero-order chi connectivity index (χ0) is 39.7. The fourth-order valence-corrected chi connectivity index (χ4v) is 7.92. The molecule has 1 aliphatic heterocycles. The van der Waals surface area contributed by atoms with Gasteiger partial charge in [-0.2, -0.15) is 0 Å². The number of nitrogens with one attached hydrogen (secondary N) is 3. The van der Waals surface area contributed by atoms with E-state index in [-0.39, 0.29) is 37.2 Å². The Morgan fingerprint density at radius 1 is 0.873 bits per heavy atom. The second-order valence-corrected chi connectivity index (χ2v) is 16.4. The zero-order valence-corrected chi connectivity index (χ0v) is 34.0. The minimum Gasteiger partial charge on any atom is -0.391 e. The molecule has 0 bridgehead atoms. The molecule has 2 aromatic rings. The van der Waals surface area contributed by atoms with Crippen molar-refractivity contribution in [3.8, 4) is 0 Å². The van der Waals surface area contributed by atoms with Crippen LogP contribution >= 0.6 is 0 Å². The highest BCUT2D eigenvalue weighted by atomic mass is 16.3. The predicted molar refractivity (Wildman–Crippen MR) is 215 cm³/mol. The Morgan fingerprint density at radius 3 is 2.15 bits per heavy atom. The predicted octanol–water partition coefficient (Wildman–Crippen LogP) is 5.21. The Labute approximate surface area is 329 Å². The molecule has 6 amide bonds. The van der Waals surface area contributed by atoms with Gasteiger partial charge in [0.1, 0.15) is 12.1 Å². The topological polar surface area (TPSA) is 154 Å². The molecule has 1 aromatic carbocycles. The van der Waals surface area contributed by atoms with Crippen LogP contribution in [0.3, 0.4) is 0 Å². The van der Waals surface area contributed by atoms with Gasteiger partial charge in [-0.3, -0.25) is 9.59 Å². The van der Waals surface area contributed by atoms with E-state index >= 15 is 0 Å². The highest BCUT2D eigenvalue weighted by Gasteiger charge is 2.36. The van der Waals surface area contributed by atoms with Gasteiger partial charge in [0, 0.05) is 72.1 Å². The third-order valence-electron chi connectivity index (χ3n) is 11.4. The third-order valence-corrected chi connectivity index (χ3v) is 11.4. The van der Waals surface area contributed by atoms with Gasteiger partial charge in [0.2, 0.25) is 11.8 Å². The quantitative estimate of drug-likeness (QED) is 0.174. The van der Waals surface area contributed by atoms with Crippen LogP contribution in [-0.2, 0) is 22.4 Å². The summed E-state index contributed by atoms with van der Waals surface area (Å²) in [6, 6.07) is 6.62. The van der Waals surface area contributed by atoms with E-state index in [1.54, 1.807) is 38.6 Å². The fraction of sp³-hybridized carbons (Fsp3) is 0.690. The van der Waals surface area contributed by atoms with Crippen LogP contribution < -0.4 is 10.6 Å². The van der Waals surface area contributed by atoms with Gasteiger partial charge in [-0.15, -0.1) is 0 Å². The number of urea groups is 2. The van der Waals surface area contributed by atoms with E-state index in [9.17, 15) is 24.3 Å². The summed E-state index contributed by atoms with van der Waals surface area (Å²) in [7, 11) is 5.01. The van der Waals surface area contributed by atoms with Crippen LogP contribution in [0.4, 0.5) is 9.59 Å². The number of benzene rings is 1. The Kier molecular flexibility index (Phi) is 17.8. The lowest BCUT2D eigenvalue weighted by molar-refractivity contribution is -0.141. The van der Waals surface area contributed by atoms with Gasteiger partial charge in [-0.1, -0.05) is 95.5 Å². The molecule has 4 atom stereocenters. The van der Waals surface area contributed by atoms with Gasteiger partial charge in [-0.05, 0) is 43.1 Å². The zero-order valence-electron chi connectivity index (χ0n) is 34.0. The molecule has 1 aromatic heterocycles. The van der Waals surface area contributed by atoms with Crippen LogP contribution in [0.1, 0.15) is 102 Å². The number of carbonyl (C=O) groups is 4. The minimum atomic E-state index is -0.982. The van der Waals surface area contributed by atoms with Crippen LogP contribution in [0.15, 0.2) is 42.9 Å². The van der Waals surface area contributed by atoms with Crippen LogP contribution in [0.25, 0.3) is 0 Å². The average Bonchev–Trinajstić information content (AvgIpc) is 3.68. The number of aromatic amines is 1. The molecule has 0 spiro atoms. The molecule has 2 fully saturated rings. The molecule has 55 heavy (non-hydrogen) atoms. The highest BCUT2D eigenvalue weighted by Crippen LogP contribution is 2.29. The van der Waals surface area contributed by atoms with E-state index in [1.165, 1.54) is 22.6 Å². The van der Waals surface area contributed by atoms with Gasteiger partial charge in [-0.25, -0.2) is 14.6 Å². The van der Waals surface area contributed by atoms with Crippen molar-refractivity contribution in [2.75, 3.05) is 47.3 Å². The third kappa shape index (κ3) is 14.1. The van der Waals surface area contributed by atoms with Gasteiger partial charge >= 0.3 is 12.1 Å². The summed E-state index contributed by atoms with van der Waals surface area (Å²) >= 11 is 0. The van der Waals surface area contributed by atoms with Crippen molar-refractivity contribution in [2.45, 2.75) is 128 Å². The van der Waals surface area contributed by atoms with E-state index < -0.39 is 36.2 Å². The molecule has 0 unspecified atom stereocenters. The standard InChI is InChI=1S/C42H68N8O5/c1-31(2)25-38(51)35(26-32-17-11-9-12-18-32)45-39(52)37(28-34-29-43-30-44-34)49(5)40(53)36(27-33-19-13-10-14-20-33)46-41(54)47(3)23-24-48(4)42(55)50-21-15-7-6-8-16-22-50/h10,13-14,19-20,29-32,35-38,51H,6-9,11-12,15-18,21-28H2,1-5H3,(H,43,44)(H,45,52)(H,46,54)/t35-,36-,37-,38-/m0/s1. The molecular weight excluding hydrogens is 697 g/mol. The average molecular weight is 765 g/mol. The largest absolute Gasteiger partial charge is 0.391 e. The summed E-state index contributed by atoms with van der Waals surface area (Å²) in [5.41, 5.74) is 1.54. The van der Waals surface area contributed by atoms with E-state index in [4.69, 9.17) is 0 Å². The number of H-pyrrole nitrogens is 1. The highest BCUT2D eigenvalue weighted by molar-refractivity contribution is 5.92. The van der Waals surface area contributed by atoms with Crippen molar-refractivity contribution in [1.82, 2.24) is 40.2 Å². The van der Waals surface area contributed by atoms with Gasteiger partial charge in [0.25, 0.3) is 0 Å². The maximum absolute atomic E-state index is 14.5. The lowest BCUT2D eigenvalue weighted by atomic mass is 9.82. The number of amides is 6. The smallest absolute Gasteiger partial charge is 0.319 e. The van der Waals surface area contributed by atoms with Gasteiger partial charge in [0.05, 0.1) is 18.5 Å². The van der Waals surface area contributed by atoms with Crippen LogP contribution in [0.5, 0.6) is 0 Å². The molecule has 4 rings (SSSR count). The van der Waals surface area contributed by atoms with Crippen molar-refractivity contribution < 1.29 is 24.3 Å². The number of nitrogens with zero attached hydrogens (tertiary/aromatic N) is 5. The Bertz CT molecular complexity index is 1440. The van der Waals surface area contributed by atoms with E-state index in [0.717, 1.165) is 70.0 Å². The van der Waals surface area contributed by atoms with Crippen LogP contribution in [0.2, 0.25) is 0 Å². The SMILES string of the molecule is CC(C)C[C@H](O)[C@H](CC1CCCCC1)NC(=O)[C@H](Cc1cnc[nH]1)N(C)C(=O)[C@H](Cc1ccccc1)NC(=O)N(C)CCN(C)C(=O)N1CCCCCCC1. The van der Waals surface area contributed by atoms with Gasteiger partial charge in [0.15, 0.2) is 0 Å². The molecule has 1 saturated heterocycles. The number of carbonyl (C=O) groups excluding carboxylic acids is 4. The lowest BCUT2D eigenvalue weighted by Crippen LogP contribution is -2.59. The number of hydrogen-bond acceptors (Lipinski definition) is 6. The van der Waals surface area contributed by atoms with Crippen molar-refractivity contribution in [3.63, 3.8) is 0 Å². The molecule has 2 aliphatic rings. The molecule has 13 heteroatoms. The second kappa shape index (κ2) is 22.4. The monoisotopic (exact) mass is 765 g/mol. The number of aliphatic hydroxyl groups excluding tert-OH is 1. The molecule has 13 nitrogen and oxygen atoms in total. The number of aliphatic hydroxyl groups is 1. The maximum Gasteiger partial charge on any atom is 0.319 e. The fourth-order valence-electron chi connectivity index (χ4n) is 7.92. The Hall–Kier alpha value is -4.13. The van der Waals surface area contributed by atoms with Crippen molar-refractivity contribution in [2.24, 2.45) is 11.8 Å². The van der Waals surface area contributed by atoms with Crippen molar-refractivity contribution >= 4 is 23.9 Å². The first-order chi connectivity index (χ1) is 26.4. The first-order valence-electron chi connectivity index (χ1n) is 20.7. The number of imidazole rings is 1. The second-order valence-electron chi connectivity index (χ2n) is 16.4. The van der Waals surface area contributed by atoms with E-state index in [0.29, 0.717) is 31.0 Å². The number of aromatic nitrogens is 2. The number of likely N-dealkylation sites (N-methyl/N-ethyl adjacent to an activating group) is 3. The van der Waals surface area contributed by atoms with Crippen molar-refractivity contribution in [3.05, 3.63) is 54.1 Å². The summed E-state index contributed by atoms with van der Waals surface area (Å²) in [6.45, 7) is 6.22. The van der Waals surface area contributed by atoms with Crippen molar-refractivity contribution in [1.29, 1.82) is 0 Å². The summed E-state index contributed by atoms with van der Waals surface area (Å²) < 4.78 is 0. The minimum absolute atomic E-state index is 0.0336. The first kappa shape index (κ1) is 43.6. The molecule has 306 valence electrons. The van der Waals surface area contributed by atoms with Gasteiger partial charge < -0.3 is 40.3 Å². The number of rotatable bonds is 17. The summed E-state index contributed by atoms with van der Waals surface area (Å²) in [5.74, 6) is -0.105. The number of hydrogen-bond donors (Lipinski definition) is 4. The summed E-state index contributed by atoms with van der Waals surface area (Å²) in [6.07, 6.45) is 15.2. The Balaban J connectivity index is 1.49. The number of likely N-dealkylation sites (tertiary alicyclic amines) is 1. The maximum atomic E-state index is 14.5. The summed E-state index contributed by atoms with van der Waals surface area (Å²) in [5, 5.41) is 17.5. The molecular formula is C42H68N8O5. The van der Waals surface area contributed by atoms with Crippen LogP contribution in [-0.4, -0.2) is 130 Å². The first-order valence-corrected chi connectivity index (χ1v) is 20.7. The van der Waals surface area contributed by atoms with Crippen LogP contribution in [0, 0.1) is 11.8 Å². The van der Waals surface area contributed by atoms with E-state index in [2.05, 4.69) is 34.4 Å². The molecule has 4 N–H and O–H groups in total. The normalized spacial score (nSPS) is 17.6.